The van der Waals surface area contributed by atoms with Gasteiger partial charge in [-0.3, -0.25) is 4.99 Å². The Morgan fingerprint density at radius 1 is 1.03 bits per heavy atom. The van der Waals surface area contributed by atoms with Crippen LogP contribution in [-0.4, -0.2) is 32.2 Å². The maximum Gasteiger partial charge on any atom is 0.317 e. The second-order valence-corrected chi connectivity index (χ2v) is 9.29. The molecule has 2 unspecified atom stereocenters. The third kappa shape index (κ3) is 3.21. The zero-order chi connectivity index (χ0) is 20.2. The van der Waals surface area contributed by atoms with E-state index in [1.54, 1.807) is 0 Å². The van der Waals surface area contributed by atoms with Gasteiger partial charge in [0.05, 0.1) is 16.2 Å². The van der Waals surface area contributed by atoms with Crippen LogP contribution in [0.25, 0.3) is 0 Å². The van der Waals surface area contributed by atoms with E-state index in [-0.39, 0.29) is 21.8 Å². The number of benzene rings is 2. The molecule has 29 heavy (non-hydrogen) atoms. The fourth-order valence-corrected chi connectivity index (χ4v) is 6.36. The molecule has 0 heterocycles. The van der Waals surface area contributed by atoms with Gasteiger partial charge < -0.3 is 10.2 Å². The van der Waals surface area contributed by atoms with Crippen LogP contribution < -0.4 is 0 Å². The molecule has 6 nitrogen and oxygen atoms in total. The first-order chi connectivity index (χ1) is 13.8. The van der Waals surface area contributed by atoms with Crippen LogP contribution in [-0.2, 0) is 5.41 Å². The molecule has 4 saturated carbocycles. The number of aromatic hydroxyl groups is 1. The largest absolute Gasteiger partial charge is 0.507 e. The van der Waals surface area contributed by atoms with Crippen molar-refractivity contribution in [3.63, 3.8) is 0 Å². The van der Waals surface area contributed by atoms with E-state index in [4.69, 9.17) is 5.21 Å². The second-order valence-electron chi connectivity index (χ2n) is 9.29. The first-order valence-electron chi connectivity index (χ1n) is 10.2. The molecule has 2 aromatic rings. The normalized spacial score (nSPS) is 32.7. The van der Waals surface area contributed by atoms with Crippen LogP contribution in [0.3, 0.4) is 0 Å². The van der Waals surface area contributed by atoms with Crippen LogP contribution in [0.4, 0.5) is 11.4 Å². The van der Waals surface area contributed by atoms with Gasteiger partial charge in [0.15, 0.2) is 0 Å². The molecule has 0 aliphatic heterocycles. The first kappa shape index (κ1) is 18.3. The van der Waals surface area contributed by atoms with E-state index in [9.17, 15) is 15.1 Å². The van der Waals surface area contributed by atoms with Crippen LogP contribution in [0.5, 0.6) is 5.75 Å². The zero-order valence-electron chi connectivity index (χ0n) is 16.2. The summed E-state index contributed by atoms with van der Waals surface area (Å²) in [6, 6.07) is 12.2. The van der Waals surface area contributed by atoms with Gasteiger partial charge >= 0.3 is 5.69 Å². The van der Waals surface area contributed by atoms with Crippen molar-refractivity contribution in [1.29, 1.82) is 0 Å². The predicted octanol–water partition coefficient (Wildman–Crippen LogP) is 4.53. The minimum atomic E-state index is -0.481. The minimum Gasteiger partial charge on any atom is -0.507 e. The van der Waals surface area contributed by atoms with Gasteiger partial charge in [0, 0.05) is 23.9 Å². The van der Waals surface area contributed by atoms with Gasteiger partial charge in [-0.05, 0) is 79.5 Å². The summed E-state index contributed by atoms with van der Waals surface area (Å²) in [5, 5.41) is 30.0. The van der Waals surface area contributed by atoms with Crippen molar-refractivity contribution in [1.82, 2.24) is 0 Å². The summed E-state index contributed by atoms with van der Waals surface area (Å²) in [4.78, 5) is 15.2. The zero-order valence-corrected chi connectivity index (χ0v) is 16.2. The summed E-state index contributed by atoms with van der Waals surface area (Å²) in [6.07, 6.45) is 7.87. The number of phenolic OH excluding ortho intramolecular Hbond substituents is 1. The Hall–Kier alpha value is -2.73. The Balaban J connectivity index is 1.38. The topological polar surface area (TPSA) is 93.1 Å². The van der Waals surface area contributed by atoms with Crippen molar-refractivity contribution in [3.05, 3.63) is 58.5 Å². The third-order valence-electron chi connectivity index (χ3n) is 7.09. The highest BCUT2D eigenvalue weighted by atomic mass is 16.6. The Morgan fingerprint density at radius 3 is 2.34 bits per heavy atom. The SMILES string of the molecule is O=[N+](O)c1ccc(O)c(/C=N/c2ccc(C34CC5CC(CC(O)(C5)C3)C4)cc2)c1. The average molecular weight is 393 g/mol. The lowest BCUT2D eigenvalue weighted by atomic mass is 9.46. The molecule has 0 amide bonds. The Labute approximate surface area is 169 Å². The summed E-state index contributed by atoms with van der Waals surface area (Å²) in [5.41, 5.74) is 2.02. The van der Waals surface area contributed by atoms with Gasteiger partial charge in [0.25, 0.3) is 4.92 Å². The third-order valence-corrected chi connectivity index (χ3v) is 7.09. The molecular weight excluding hydrogens is 368 g/mol. The molecule has 4 aliphatic carbocycles. The van der Waals surface area contributed by atoms with Crippen LogP contribution in [0.2, 0.25) is 0 Å². The number of nitrogens with zero attached hydrogens (tertiary/aromatic N) is 2. The van der Waals surface area contributed by atoms with Crippen molar-refractivity contribution in [3.8, 4) is 5.75 Å². The van der Waals surface area contributed by atoms with Crippen LogP contribution in [0, 0.1) is 16.7 Å². The summed E-state index contributed by atoms with van der Waals surface area (Å²) < 4.78 is 0. The van der Waals surface area contributed by atoms with E-state index in [0.29, 0.717) is 17.4 Å². The fraction of sp³-hybridized carbons (Fsp3) is 0.435. The highest BCUT2D eigenvalue weighted by Crippen LogP contribution is 2.62. The standard InChI is InChI=1S/C23H24N2O4/c26-21-6-5-20(25(28)29)8-17(21)13-24-19-3-1-18(2-4-19)22-9-15-7-16(10-22)12-23(27,11-15)14-22/h1-6,8,13,15-16,27H,7,9-12,14H2,(H-,24,26,28,29)/p+1. The maximum atomic E-state index is 11.0. The molecular formula is C23H25N2O4+. The Kier molecular flexibility index (Phi) is 4.03. The maximum absolute atomic E-state index is 11.0. The van der Waals surface area contributed by atoms with Gasteiger partial charge in [0.2, 0.25) is 0 Å². The van der Waals surface area contributed by atoms with Gasteiger partial charge in [-0.2, -0.15) is 0 Å². The van der Waals surface area contributed by atoms with Crippen molar-refractivity contribution in [2.24, 2.45) is 16.8 Å². The smallest absolute Gasteiger partial charge is 0.317 e. The lowest BCUT2D eigenvalue weighted by Crippen LogP contribution is -2.57. The van der Waals surface area contributed by atoms with Crippen LogP contribution >= 0.6 is 0 Å². The average Bonchev–Trinajstić information content (AvgIpc) is 2.65. The Morgan fingerprint density at radius 2 is 1.72 bits per heavy atom. The molecule has 4 bridgehead atoms. The summed E-state index contributed by atoms with van der Waals surface area (Å²) in [6.45, 7) is 0. The minimum absolute atomic E-state index is 0.0159. The van der Waals surface area contributed by atoms with Crippen molar-refractivity contribution >= 4 is 17.6 Å². The number of aliphatic imine (C=N–C) groups is 1. The van der Waals surface area contributed by atoms with E-state index < -0.39 is 5.60 Å². The molecule has 3 N–H and O–H groups in total. The molecule has 6 rings (SSSR count). The highest BCUT2D eigenvalue weighted by Gasteiger charge is 2.57. The molecule has 4 fully saturated rings. The molecule has 0 aromatic heterocycles. The Bertz CT molecular complexity index is 984. The number of hydrogen-bond donors (Lipinski definition) is 3. The molecule has 0 spiro atoms. The van der Waals surface area contributed by atoms with Gasteiger partial charge in [-0.15, -0.1) is 0 Å². The quantitative estimate of drug-likeness (QED) is 0.526. The van der Waals surface area contributed by atoms with E-state index in [2.05, 4.69) is 17.1 Å². The van der Waals surface area contributed by atoms with E-state index in [1.807, 2.05) is 12.1 Å². The van der Waals surface area contributed by atoms with Crippen molar-refractivity contribution < 1.29 is 20.3 Å². The number of aliphatic hydroxyl groups is 1. The van der Waals surface area contributed by atoms with Gasteiger partial charge in [-0.1, -0.05) is 12.1 Å². The van der Waals surface area contributed by atoms with E-state index >= 15 is 0 Å². The molecule has 2 atom stereocenters. The molecule has 6 heteroatoms. The van der Waals surface area contributed by atoms with Crippen molar-refractivity contribution in [2.45, 2.75) is 49.5 Å². The summed E-state index contributed by atoms with van der Waals surface area (Å²) in [7, 11) is 0. The van der Waals surface area contributed by atoms with E-state index in [0.717, 1.165) is 24.9 Å². The molecule has 2 aromatic carbocycles. The second kappa shape index (κ2) is 6.39. The highest BCUT2D eigenvalue weighted by molar-refractivity contribution is 5.86. The van der Waals surface area contributed by atoms with Crippen molar-refractivity contribution in [2.75, 3.05) is 0 Å². The number of phenols is 1. The molecule has 0 saturated heterocycles. The van der Waals surface area contributed by atoms with Crippen LogP contribution in [0.1, 0.15) is 49.7 Å². The van der Waals surface area contributed by atoms with Crippen LogP contribution in [0.15, 0.2) is 47.5 Å². The van der Waals surface area contributed by atoms with Gasteiger partial charge in [-0.25, -0.2) is 5.21 Å². The molecule has 4 aliphatic rings. The lowest BCUT2D eigenvalue weighted by molar-refractivity contribution is -0.729. The van der Waals surface area contributed by atoms with Gasteiger partial charge in [0.1, 0.15) is 5.75 Å². The summed E-state index contributed by atoms with van der Waals surface area (Å²) in [5.74, 6) is 1.26. The predicted molar refractivity (Wildman–Crippen MR) is 108 cm³/mol. The molecule has 150 valence electrons. The lowest BCUT2D eigenvalue weighted by Gasteiger charge is -2.60. The number of hydrogen-bond acceptors (Lipinski definition) is 4. The molecule has 0 radical (unpaired) electrons. The monoisotopic (exact) mass is 393 g/mol. The first-order valence-corrected chi connectivity index (χ1v) is 10.2. The van der Waals surface area contributed by atoms with E-state index in [1.165, 1.54) is 49.2 Å². The summed E-state index contributed by atoms with van der Waals surface area (Å²) >= 11 is 0. The fourth-order valence-electron chi connectivity index (χ4n) is 6.36. The number of rotatable bonds is 4.